The highest BCUT2D eigenvalue weighted by Gasteiger charge is 2.29. The lowest BCUT2D eigenvalue weighted by atomic mass is 9.86. The topological polar surface area (TPSA) is 23.6 Å². The number of Topliss-reactive ketones (excluding diaryl/α,β-unsaturated/α-hetero) is 1. The normalized spacial score (nSPS) is 26.2. The Labute approximate surface area is 118 Å². The maximum absolute atomic E-state index is 12.3. The van der Waals surface area contributed by atoms with Crippen LogP contribution in [0.5, 0.6) is 0 Å². The van der Waals surface area contributed by atoms with Gasteiger partial charge in [0.1, 0.15) is 5.78 Å². The molecule has 0 N–H and O–H groups in total. The third-order valence-electron chi connectivity index (χ3n) is 5.02. The van der Waals surface area contributed by atoms with Crippen LogP contribution in [0.3, 0.4) is 0 Å². The van der Waals surface area contributed by atoms with E-state index in [1.165, 1.54) is 25.7 Å². The molecule has 0 bridgehead atoms. The van der Waals surface area contributed by atoms with Crippen molar-refractivity contribution in [3.8, 4) is 0 Å². The SMILES string of the molecule is CCN(CC)C1CCN(CC(=O)C2CCCCC2)C1. The summed E-state index contributed by atoms with van der Waals surface area (Å²) >= 11 is 0. The van der Waals surface area contributed by atoms with Crippen LogP contribution in [0, 0.1) is 5.92 Å². The van der Waals surface area contributed by atoms with Crippen molar-refractivity contribution in [3.05, 3.63) is 0 Å². The number of hydrogen-bond acceptors (Lipinski definition) is 3. The number of likely N-dealkylation sites (N-methyl/N-ethyl adjacent to an activating group) is 1. The highest BCUT2D eigenvalue weighted by molar-refractivity contribution is 5.83. The minimum absolute atomic E-state index is 0.376. The molecule has 3 heteroatoms. The number of likely N-dealkylation sites (tertiary alicyclic amines) is 1. The second-order valence-electron chi connectivity index (χ2n) is 6.20. The van der Waals surface area contributed by atoms with Crippen LogP contribution in [-0.2, 0) is 4.79 Å². The third kappa shape index (κ3) is 4.03. The lowest BCUT2D eigenvalue weighted by molar-refractivity contribution is -0.124. The molecule has 2 fully saturated rings. The summed E-state index contributed by atoms with van der Waals surface area (Å²) in [7, 11) is 0. The van der Waals surface area contributed by atoms with Crippen molar-refractivity contribution in [1.82, 2.24) is 9.80 Å². The average molecular weight is 266 g/mol. The molecule has 2 aliphatic rings. The lowest BCUT2D eigenvalue weighted by Gasteiger charge is -2.27. The molecular weight excluding hydrogens is 236 g/mol. The van der Waals surface area contributed by atoms with Crippen molar-refractivity contribution in [2.24, 2.45) is 5.92 Å². The first-order chi connectivity index (χ1) is 9.24. The fraction of sp³-hybridized carbons (Fsp3) is 0.938. The van der Waals surface area contributed by atoms with E-state index in [1.807, 2.05) is 0 Å². The molecule has 1 saturated heterocycles. The van der Waals surface area contributed by atoms with Crippen LogP contribution in [0.1, 0.15) is 52.4 Å². The predicted octanol–water partition coefficient (Wildman–Crippen LogP) is 2.55. The maximum Gasteiger partial charge on any atom is 0.149 e. The second-order valence-corrected chi connectivity index (χ2v) is 6.20. The number of nitrogens with zero attached hydrogens (tertiary/aromatic N) is 2. The number of hydrogen-bond donors (Lipinski definition) is 0. The van der Waals surface area contributed by atoms with Crippen LogP contribution in [-0.4, -0.2) is 54.3 Å². The minimum atomic E-state index is 0.376. The predicted molar refractivity (Wildman–Crippen MR) is 79.3 cm³/mol. The van der Waals surface area contributed by atoms with Crippen LogP contribution in [0.25, 0.3) is 0 Å². The molecule has 1 saturated carbocycles. The van der Waals surface area contributed by atoms with E-state index in [0.29, 0.717) is 24.3 Å². The van der Waals surface area contributed by atoms with Gasteiger partial charge in [0.15, 0.2) is 0 Å². The van der Waals surface area contributed by atoms with Crippen molar-refractivity contribution in [3.63, 3.8) is 0 Å². The molecule has 0 radical (unpaired) electrons. The highest BCUT2D eigenvalue weighted by Crippen LogP contribution is 2.25. The summed E-state index contributed by atoms with van der Waals surface area (Å²) in [5.74, 6) is 0.890. The average Bonchev–Trinajstić information content (AvgIpc) is 2.89. The zero-order valence-electron chi connectivity index (χ0n) is 12.7. The second kappa shape index (κ2) is 7.39. The number of rotatable bonds is 6. The smallest absolute Gasteiger partial charge is 0.149 e. The molecule has 1 atom stereocenters. The van der Waals surface area contributed by atoms with Gasteiger partial charge in [0, 0.05) is 25.0 Å². The number of carbonyl (C=O) groups is 1. The summed E-state index contributed by atoms with van der Waals surface area (Å²) in [6.45, 7) is 9.65. The van der Waals surface area contributed by atoms with E-state index in [2.05, 4.69) is 23.6 Å². The van der Waals surface area contributed by atoms with E-state index in [0.717, 1.165) is 39.0 Å². The van der Waals surface area contributed by atoms with Gasteiger partial charge >= 0.3 is 0 Å². The summed E-state index contributed by atoms with van der Waals surface area (Å²) in [5, 5.41) is 0. The quantitative estimate of drug-likeness (QED) is 0.738. The third-order valence-corrected chi connectivity index (χ3v) is 5.02. The molecule has 3 nitrogen and oxygen atoms in total. The van der Waals surface area contributed by atoms with Gasteiger partial charge in [0.05, 0.1) is 6.54 Å². The Balaban J connectivity index is 1.76. The Morgan fingerprint density at radius 1 is 1.11 bits per heavy atom. The Morgan fingerprint density at radius 2 is 1.79 bits per heavy atom. The standard InChI is InChI=1S/C16H30N2O/c1-3-18(4-2)15-10-11-17(12-15)13-16(19)14-8-6-5-7-9-14/h14-15H,3-13H2,1-2H3. The molecule has 0 aromatic heterocycles. The highest BCUT2D eigenvalue weighted by atomic mass is 16.1. The molecule has 1 unspecified atom stereocenters. The van der Waals surface area contributed by atoms with Gasteiger partial charge in [-0.3, -0.25) is 14.6 Å². The number of carbonyl (C=O) groups excluding carboxylic acids is 1. The van der Waals surface area contributed by atoms with Gasteiger partial charge in [0.2, 0.25) is 0 Å². The van der Waals surface area contributed by atoms with Gasteiger partial charge < -0.3 is 0 Å². The molecule has 110 valence electrons. The lowest BCUT2D eigenvalue weighted by Crippen LogP contribution is -2.39. The van der Waals surface area contributed by atoms with Gasteiger partial charge in [-0.25, -0.2) is 0 Å². The molecule has 0 aromatic rings. The minimum Gasteiger partial charge on any atom is -0.300 e. The van der Waals surface area contributed by atoms with Gasteiger partial charge in [-0.15, -0.1) is 0 Å². The van der Waals surface area contributed by atoms with Crippen molar-refractivity contribution in [2.45, 2.75) is 58.4 Å². The van der Waals surface area contributed by atoms with Crippen molar-refractivity contribution in [1.29, 1.82) is 0 Å². The van der Waals surface area contributed by atoms with Crippen LogP contribution in [0.15, 0.2) is 0 Å². The van der Waals surface area contributed by atoms with Gasteiger partial charge in [-0.1, -0.05) is 33.1 Å². The molecule has 1 aliphatic carbocycles. The monoisotopic (exact) mass is 266 g/mol. The van der Waals surface area contributed by atoms with Crippen molar-refractivity contribution >= 4 is 5.78 Å². The van der Waals surface area contributed by atoms with E-state index in [1.54, 1.807) is 0 Å². The van der Waals surface area contributed by atoms with E-state index in [-0.39, 0.29) is 0 Å². The summed E-state index contributed by atoms with van der Waals surface area (Å²) in [6, 6.07) is 0.675. The summed E-state index contributed by atoms with van der Waals surface area (Å²) in [5.41, 5.74) is 0. The molecule has 1 aliphatic heterocycles. The Hall–Kier alpha value is -0.410. The zero-order valence-corrected chi connectivity index (χ0v) is 12.7. The van der Waals surface area contributed by atoms with Crippen LogP contribution >= 0.6 is 0 Å². The Morgan fingerprint density at radius 3 is 2.42 bits per heavy atom. The summed E-state index contributed by atoms with van der Waals surface area (Å²) < 4.78 is 0. The summed E-state index contributed by atoms with van der Waals surface area (Å²) in [4.78, 5) is 17.2. The number of ketones is 1. The van der Waals surface area contributed by atoms with Gasteiger partial charge in [-0.05, 0) is 32.4 Å². The Bertz CT molecular complexity index is 282. The maximum atomic E-state index is 12.3. The van der Waals surface area contributed by atoms with Crippen molar-refractivity contribution in [2.75, 3.05) is 32.7 Å². The first-order valence-corrected chi connectivity index (χ1v) is 8.23. The molecule has 0 aromatic carbocycles. The molecular formula is C16H30N2O. The van der Waals surface area contributed by atoms with Crippen molar-refractivity contribution < 1.29 is 4.79 Å². The van der Waals surface area contributed by atoms with E-state index >= 15 is 0 Å². The zero-order chi connectivity index (χ0) is 13.7. The molecule has 19 heavy (non-hydrogen) atoms. The van der Waals surface area contributed by atoms with E-state index < -0.39 is 0 Å². The van der Waals surface area contributed by atoms with Crippen LogP contribution in [0.4, 0.5) is 0 Å². The first-order valence-electron chi connectivity index (χ1n) is 8.23. The largest absolute Gasteiger partial charge is 0.300 e. The van der Waals surface area contributed by atoms with Gasteiger partial charge in [-0.2, -0.15) is 0 Å². The van der Waals surface area contributed by atoms with E-state index in [4.69, 9.17) is 0 Å². The van der Waals surface area contributed by atoms with Gasteiger partial charge in [0.25, 0.3) is 0 Å². The molecule has 2 rings (SSSR count). The van der Waals surface area contributed by atoms with Crippen LogP contribution in [0.2, 0.25) is 0 Å². The molecule has 0 amide bonds. The molecule has 0 spiro atoms. The first kappa shape index (κ1) is 15.0. The molecule has 1 heterocycles. The fourth-order valence-electron chi connectivity index (χ4n) is 3.77. The van der Waals surface area contributed by atoms with Crippen LogP contribution < -0.4 is 0 Å². The summed E-state index contributed by atoms with van der Waals surface area (Å²) in [6.07, 6.45) is 7.38. The van der Waals surface area contributed by atoms with E-state index in [9.17, 15) is 4.79 Å². The Kier molecular flexibility index (Phi) is 5.83. The fourth-order valence-corrected chi connectivity index (χ4v) is 3.77.